The molecular weight excluding hydrogens is 326 g/mol. The highest BCUT2D eigenvalue weighted by Gasteiger charge is 2.03. The molecule has 1 aromatic carbocycles. The van der Waals surface area contributed by atoms with Gasteiger partial charge < -0.3 is 10.3 Å². The molecule has 0 unspecified atom stereocenters. The van der Waals surface area contributed by atoms with Crippen LogP contribution >= 0.6 is 27.5 Å². The first kappa shape index (κ1) is 12.5. The lowest BCUT2D eigenvalue weighted by Crippen LogP contribution is -2.00. The van der Waals surface area contributed by atoms with Crippen molar-refractivity contribution in [2.45, 2.75) is 6.54 Å². The number of fused-ring (bicyclic) bond motifs is 1. The highest BCUT2D eigenvalue weighted by Crippen LogP contribution is 2.24. The van der Waals surface area contributed by atoms with E-state index in [1.807, 2.05) is 18.3 Å². The number of aromatic nitrogens is 2. The van der Waals surface area contributed by atoms with E-state index in [0.717, 1.165) is 22.2 Å². The minimum absolute atomic E-state index is 0.471. The van der Waals surface area contributed by atoms with Crippen LogP contribution in [-0.2, 0) is 6.54 Å². The van der Waals surface area contributed by atoms with Crippen molar-refractivity contribution >= 4 is 44.1 Å². The molecular formula is C14H11BrClN3. The summed E-state index contributed by atoms with van der Waals surface area (Å²) in [5.41, 5.74) is 3.32. The zero-order valence-electron chi connectivity index (χ0n) is 9.95. The Bertz CT molecular complexity index is 724. The SMILES string of the molecule is Clc1ncc(NCc2cccc3[nH]ccc23)cc1Br. The minimum atomic E-state index is 0.471. The third-order valence-electron chi connectivity index (χ3n) is 2.96. The predicted molar refractivity (Wildman–Crippen MR) is 82.6 cm³/mol. The maximum absolute atomic E-state index is 5.87. The normalized spacial score (nSPS) is 10.8. The maximum Gasteiger partial charge on any atom is 0.143 e. The largest absolute Gasteiger partial charge is 0.380 e. The molecule has 5 heteroatoms. The molecule has 19 heavy (non-hydrogen) atoms. The van der Waals surface area contributed by atoms with E-state index < -0.39 is 0 Å². The number of nitrogens with one attached hydrogen (secondary N) is 2. The van der Waals surface area contributed by atoms with Gasteiger partial charge in [0.1, 0.15) is 5.15 Å². The van der Waals surface area contributed by atoms with Crippen LogP contribution in [0.4, 0.5) is 5.69 Å². The summed E-state index contributed by atoms with van der Waals surface area (Å²) in [6, 6.07) is 10.2. The topological polar surface area (TPSA) is 40.7 Å². The lowest BCUT2D eigenvalue weighted by molar-refractivity contribution is 1.15. The van der Waals surface area contributed by atoms with Gasteiger partial charge in [-0.05, 0) is 39.7 Å². The average molecular weight is 337 g/mol. The van der Waals surface area contributed by atoms with Crippen molar-refractivity contribution in [3.05, 3.63) is 57.9 Å². The lowest BCUT2D eigenvalue weighted by Gasteiger charge is -2.08. The van der Waals surface area contributed by atoms with Crippen molar-refractivity contribution in [1.82, 2.24) is 9.97 Å². The summed E-state index contributed by atoms with van der Waals surface area (Å²) < 4.78 is 0.791. The predicted octanol–water partition coefficient (Wildman–Crippen LogP) is 4.59. The Morgan fingerprint density at radius 2 is 2.21 bits per heavy atom. The second-order valence-electron chi connectivity index (χ2n) is 4.21. The number of H-pyrrole nitrogens is 1. The average Bonchev–Trinajstić information content (AvgIpc) is 2.89. The zero-order valence-corrected chi connectivity index (χ0v) is 12.3. The van der Waals surface area contributed by atoms with Crippen molar-refractivity contribution in [2.24, 2.45) is 0 Å². The number of aromatic amines is 1. The summed E-state index contributed by atoms with van der Waals surface area (Å²) >= 11 is 9.24. The van der Waals surface area contributed by atoms with Gasteiger partial charge >= 0.3 is 0 Å². The number of benzene rings is 1. The van der Waals surface area contributed by atoms with Crippen molar-refractivity contribution in [2.75, 3.05) is 5.32 Å². The van der Waals surface area contributed by atoms with Crippen LogP contribution in [0.3, 0.4) is 0 Å². The van der Waals surface area contributed by atoms with E-state index in [9.17, 15) is 0 Å². The number of nitrogens with zero attached hydrogens (tertiary/aromatic N) is 1. The second kappa shape index (κ2) is 5.23. The number of hydrogen-bond acceptors (Lipinski definition) is 2. The third kappa shape index (κ3) is 2.60. The van der Waals surface area contributed by atoms with Gasteiger partial charge in [-0.15, -0.1) is 0 Å². The Morgan fingerprint density at radius 1 is 1.32 bits per heavy atom. The molecule has 0 bridgehead atoms. The fourth-order valence-electron chi connectivity index (χ4n) is 2.02. The van der Waals surface area contributed by atoms with E-state index in [1.165, 1.54) is 10.9 Å². The molecule has 0 radical (unpaired) electrons. The van der Waals surface area contributed by atoms with Gasteiger partial charge in [-0.3, -0.25) is 0 Å². The smallest absolute Gasteiger partial charge is 0.143 e. The highest BCUT2D eigenvalue weighted by molar-refractivity contribution is 9.10. The third-order valence-corrected chi connectivity index (χ3v) is 4.10. The summed E-state index contributed by atoms with van der Waals surface area (Å²) in [5.74, 6) is 0. The van der Waals surface area contributed by atoms with Gasteiger partial charge in [-0.1, -0.05) is 23.7 Å². The van der Waals surface area contributed by atoms with E-state index in [1.54, 1.807) is 6.20 Å². The summed E-state index contributed by atoms with van der Waals surface area (Å²) in [7, 11) is 0. The first-order valence-corrected chi connectivity index (χ1v) is 7.01. The molecule has 0 aliphatic rings. The number of hydrogen-bond donors (Lipinski definition) is 2. The molecule has 2 N–H and O–H groups in total. The summed E-state index contributed by atoms with van der Waals surface area (Å²) in [6.45, 7) is 0.741. The fraction of sp³-hybridized carbons (Fsp3) is 0.0714. The Kier molecular flexibility index (Phi) is 3.44. The lowest BCUT2D eigenvalue weighted by atomic mass is 10.1. The van der Waals surface area contributed by atoms with Crippen LogP contribution in [0, 0.1) is 0 Å². The molecule has 2 heterocycles. The quantitative estimate of drug-likeness (QED) is 0.687. The molecule has 0 atom stereocenters. The van der Waals surface area contributed by atoms with Crippen molar-refractivity contribution in [1.29, 1.82) is 0 Å². The van der Waals surface area contributed by atoms with Gasteiger partial charge in [0.05, 0.1) is 16.4 Å². The van der Waals surface area contributed by atoms with Gasteiger partial charge in [0.25, 0.3) is 0 Å². The Hall–Kier alpha value is -1.52. The van der Waals surface area contributed by atoms with Crippen LogP contribution in [0.1, 0.15) is 5.56 Å². The molecule has 3 aromatic rings. The Labute approximate surface area is 124 Å². The van der Waals surface area contributed by atoms with Crippen molar-refractivity contribution in [3.8, 4) is 0 Å². The Balaban J connectivity index is 1.82. The molecule has 2 aromatic heterocycles. The maximum atomic E-state index is 5.87. The van der Waals surface area contributed by atoms with Gasteiger partial charge in [-0.25, -0.2) is 4.98 Å². The summed E-state index contributed by atoms with van der Waals surface area (Å²) in [4.78, 5) is 7.30. The molecule has 0 saturated carbocycles. The first-order valence-electron chi connectivity index (χ1n) is 5.84. The van der Waals surface area contributed by atoms with Gasteiger partial charge in [0, 0.05) is 23.6 Å². The first-order chi connectivity index (χ1) is 9.24. The van der Waals surface area contributed by atoms with Crippen LogP contribution in [-0.4, -0.2) is 9.97 Å². The monoisotopic (exact) mass is 335 g/mol. The van der Waals surface area contributed by atoms with Crippen LogP contribution in [0.5, 0.6) is 0 Å². The second-order valence-corrected chi connectivity index (χ2v) is 5.42. The number of rotatable bonds is 3. The summed E-state index contributed by atoms with van der Waals surface area (Å²) in [6.07, 6.45) is 3.68. The van der Waals surface area contributed by atoms with Gasteiger partial charge in [0.2, 0.25) is 0 Å². The molecule has 0 spiro atoms. The van der Waals surface area contributed by atoms with Crippen LogP contribution < -0.4 is 5.32 Å². The van der Waals surface area contributed by atoms with E-state index in [2.05, 4.69) is 49.4 Å². The van der Waals surface area contributed by atoms with Crippen LogP contribution in [0.2, 0.25) is 5.15 Å². The molecule has 0 aliphatic heterocycles. The molecule has 0 saturated heterocycles. The molecule has 3 nitrogen and oxygen atoms in total. The molecule has 96 valence electrons. The van der Waals surface area contributed by atoms with Crippen LogP contribution in [0.15, 0.2) is 47.2 Å². The van der Waals surface area contributed by atoms with Gasteiger partial charge in [0.15, 0.2) is 0 Å². The molecule has 0 aliphatic carbocycles. The number of pyridine rings is 1. The summed E-state index contributed by atoms with van der Waals surface area (Å²) in [5, 5.41) is 5.05. The fourth-order valence-corrected chi connectivity index (χ4v) is 2.47. The van der Waals surface area contributed by atoms with E-state index in [-0.39, 0.29) is 0 Å². The highest BCUT2D eigenvalue weighted by atomic mass is 79.9. The van der Waals surface area contributed by atoms with E-state index >= 15 is 0 Å². The van der Waals surface area contributed by atoms with Crippen molar-refractivity contribution in [3.63, 3.8) is 0 Å². The molecule has 0 fully saturated rings. The van der Waals surface area contributed by atoms with E-state index in [0.29, 0.717) is 5.15 Å². The van der Waals surface area contributed by atoms with Crippen molar-refractivity contribution < 1.29 is 0 Å². The molecule has 3 rings (SSSR count). The standard InChI is InChI=1S/C14H11BrClN3/c15-12-6-10(8-19-14(12)16)18-7-9-2-1-3-13-11(9)4-5-17-13/h1-6,8,17-18H,7H2. The number of anilines is 1. The van der Waals surface area contributed by atoms with Gasteiger partial charge in [-0.2, -0.15) is 0 Å². The molecule has 0 amide bonds. The van der Waals surface area contributed by atoms with Crippen LogP contribution in [0.25, 0.3) is 10.9 Å². The van der Waals surface area contributed by atoms with E-state index in [4.69, 9.17) is 11.6 Å². The minimum Gasteiger partial charge on any atom is -0.380 e. The Morgan fingerprint density at radius 3 is 3.05 bits per heavy atom. The number of halogens is 2. The zero-order chi connectivity index (χ0) is 13.2.